The molecule has 0 saturated heterocycles. The van der Waals surface area contributed by atoms with Gasteiger partial charge in [0.1, 0.15) is 5.69 Å². The summed E-state index contributed by atoms with van der Waals surface area (Å²) < 4.78 is 0.678. The third kappa shape index (κ3) is 1.35. The summed E-state index contributed by atoms with van der Waals surface area (Å²) in [5.41, 5.74) is -0.186. The molecule has 15 heavy (non-hydrogen) atoms. The number of aromatic nitrogens is 1. The minimum atomic E-state index is -0.581. The fourth-order valence-corrected chi connectivity index (χ4v) is 3.39. The monoisotopic (exact) mass is 288 g/mol. The Morgan fingerprint density at radius 3 is 2.60 bits per heavy atom. The number of nitrogens with zero attached hydrogens (tertiary/aromatic N) is 2. The Morgan fingerprint density at radius 1 is 1.53 bits per heavy atom. The topological polar surface area (TPSA) is 50.3 Å². The van der Waals surface area contributed by atoms with E-state index in [-0.39, 0.29) is 11.8 Å². The van der Waals surface area contributed by atoms with Gasteiger partial charge < -0.3 is 0 Å². The highest BCUT2D eigenvalue weighted by molar-refractivity contribution is 9.11. The quantitative estimate of drug-likeness (QED) is 0.735. The molecule has 0 spiro atoms. The summed E-state index contributed by atoms with van der Waals surface area (Å²) in [4.78, 5) is 29.5. The van der Waals surface area contributed by atoms with Gasteiger partial charge in [-0.15, -0.1) is 11.3 Å². The van der Waals surface area contributed by atoms with E-state index in [1.807, 2.05) is 13.8 Å². The third-order valence-electron chi connectivity index (χ3n) is 2.44. The highest BCUT2D eigenvalue weighted by Crippen LogP contribution is 2.43. The number of hydrogen-bond donors (Lipinski definition) is 0. The SMILES string of the molecule is CC(=O)N1C(=O)c2nc(Br)sc2C1(C)C. The number of amides is 2. The van der Waals surface area contributed by atoms with E-state index < -0.39 is 5.54 Å². The van der Waals surface area contributed by atoms with Crippen molar-refractivity contribution in [3.63, 3.8) is 0 Å². The highest BCUT2D eigenvalue weighted by atomic mass is 79.9. The first-order chi connectivity index (χ1) is 6.85. The van der Waals surface area contributed by atoms with Crippen LogP contribution in [0, 0.1) is 0 Å². The summed E-state index contributed by atoms with van der Waals surface area (Å²) in [6, 6.07) is 0. The van der Waals surface area contributed by atoms with Crippen molar-refractivity contribution in [3.8, 4) is 0 Å². The van der Waals surface area contributed by atoms with Crippen LogP contribution in [-0.2, 0) is 10.3 Å². The Hall–Kier alpha value is -0.750. The van der Waals surface area contributed by atoms with Gasteiger partial charge in [0.2, 0.25) is 5.91 Å². The first kappa shape index (κ1) is 10.8. The Labute approximate surface area is 99.4 Å². The molecule has 0 radical (unpaired) electrons. The normalized spacial score (nSPS) is 18.1. The Morgan fingerprint density at radius 2 is 2.13 bits per heavy atom. The summed E-state index contributed by atoms with van der Waals surface area (Å²) in [7, 11) is 0. The fraction of sp³-hybridized carbons (Fsp3) is 0.444. The lowest BCUT2D eigenvalue weighted by Crippen LogP contribution is -2.42. The fourth-order valence-electron chi connectivity index (χ4n) is 1.85. The lowest BCUT2D eigenvalue weighted by Gasteiger charge is -2.28. The van der Waals surface area contributed by atoms with Crippen LogP contribution >= 0.6 is 27.3 Å². The number of imide groups is 1. The number of fused-ring (bicyclic) bond motifs is 1. The molecule has 0 aliphatic carbocycles. The molecule has 0 N–H and O–H groups in total. The van der Waals surface area contributed by atoms with E-state index in [4.69, 9.17) is 0 Å². The van der Waals surface area contributed by atoms with Crippen LogP contribution in [0.25, 0.3) is 0 Å². The van der Waals surface area contributed by atoms with Crippen LogP contribution in [0.3, 0.4) is 0 Å². The molecule has 6 heteroatoms. The van der Waals surface area contributed by atoms with Crippen molar-refractivity contribution >= 4 is 39.1 Å². The molecule has 2 heterocycles. The number of rotatable bonds is 0. The number of carbonyl (C=O) groups is 2. The van der Waals surface area contributed by atoms with Crippen LogP contribution in [-0.4, -0.2) is 21.7 Å². The maximum Gasteiger partial charge on any atom is 0.281 e. The van der Waals surface area contributed by atoms with Crippen molar-refractivity contribution in [2.75, 3.05) is 0 Å². The summed E-state index contributed by atoms with van der Waals surface area (Å²) in [6.07, 6.45) is 0. The van der Waals surface area contributed by atoms with Crippen molar-refractivity contribution in [1.29, 1.82) is 0 Å². The van der Waals surface area contributed by atoms with Crippen LogP contribution in [0.1, 0.15) is 36.1 Å². The minimum Gasteiger partial charge on any atom is -0.275 e. The maximum atomic E-state index is 11.9. The lowest BCUT2D eigenvalue weighted by molar-refractivity contribution is -0.130. The number of thiazole rings is 1. The van der Waals surface area contributed by atoms with Crippen LogP contribution < -0.4 is 0 Å². The summed E-state index contributed by atoms with van der Waals surface area (Å²) in [6.45, 7) is 5.09. The zero-order chi connectivity index (χ0) is 11.4. The highest BCUT2D eigenvalue weighted by Gasteiger charge is 2.48. The first-order valence-electron chi connectivity index (χ1n) is 4.37. The standard InChI is InChI=1S/C9H9BrN2O2S/c1-4(13)12-7(14)5-6(9(12,2)3)15-8(10)11-5/h1-3H3. The second kappa shape index (κ2) is 3.12. The lowest BCUT2D eigenvalue weighted by atomic mass is 10.0. The molecule has 2 amide bonds. The zero-order valence-electron chi connectivity index (χ0n) is 8.50. The molecule has 0 aromatic carbocycles. The predicted octanol–water partition coefficient (Wildman–Crippen LogP) is 2.14. The van der Waals surface area contributed by atoms with Crippen molar-refractivity contribution in [1.82, 2.24) is 9.88 Å². The Kier molecular flexibility index (Phi) is 2.24. The van der Waals surface area contributed by atoms with Crippen LogP contribution in [0.5, 0.6) is 0 Å². The third-order valence-corrected chi connectivity index (χ3v) is 4.26. The molecule has 0 atom stereocenters. The van der Waals surface area contributed by atoms with E-state index in [0.29, 0.717) is 9.61 Å². The average molecular weight is 289 g/mol. The second-order valence-electron chi connectivity index (χ2n) is 3.86. The van der Waals surface area contributed by atoms with Gasteiger partial charge in [0, 0.05) is 6.92 Å². The minimum absolute atomic E-state index is 0.244. The van der Waals surface area contributed by atoms with Crippen molar-refractivity contribution < 1.29 is 9.59 Å². The Bertz CT molecular complexity index is 467. The van der Waals surface area contributed by atoms with Gasteiger partial charge in [0.05, 0.1) is 10.4 Å². The van der Waals surface area contributed by atoms with Crippen LogP contribution in [0.4, 0.5) is 0 Å². The average Bonchev–Trinajstić information content (AvgIpc) is 2.52. The van der Waals surface area contributed by atoms with Crippen LogP contribution in [0.2, 0.25) is 0 Å². The van der Waals surface area contributed by atoms with Crippen molar-refractivity contribution in [3.05, 3.63) is 14.5 Å². The maximum absolute atomic E-state index is 11.9. The molecule has 1 aliphatic rings. The van der Waals surface area contributed by atoms with Crippen LogP contribution in [0.15, 0.2) is 3.92 Å². The molecule has 0 fully saturated rings. The smallest absolute Gasteiger partial charge is 0.275 e. The predicted molar refractivity (Wildman–Crippen MR) is 59.7 cm³/mol. The first-order valence-corrected chi connectivity index (χ1v) is 5.98. The van der Waals surface area contributed by atoms with Gasteiger partial charge in [-0.05, 0) is 29.8 Å². The van der Waals surface area contributed by atoms with Gasteiger partial charge in [-0.2, -0.15) is 0 Å². The number of carbonyl (C=O) groups excluding carboxylic acids is 2. The van der Waals surface area contributed by atoms with E-state index in [0.717, 1.165) is 4.88 Å². The molecule has 4 nitrogen and oxygen atoms in total. The molecule has 1 aliphatic heterocycles. The van der Waals surface area contributed by atoms with Gasteiger partial charge in [-0.1, -0.05) is 0 Å². The van der Waals surface area contributed by atoms with Gasteiger partial charge in [-0.3, -0.25) is 14.5 Å². The molecule has 0 saturated carbocycles. The molecule has 1 aromatic rings. The summed E-state index contributed by atoms with van der Waals surface area (Å²) in [5, 5.41) is 0. The molecule has 0 unspecified atom stereocenters. The summed E-state index contributed by atoms with van der Waals surface area (Å²) in [5.74, 6) is -0.546. The largest absolute Gasteiger partial charge is 0.281 e. The van der Waals surface area contributed by atoms with E-state index in [2.05, 4.69) is 20.9 Å². The van der Waals surface area contributed by atoms with E-state index >= 15 is 0 Å². The molecule has 2 rings (SSSR count). The molecule has 1 aromatic heterocycles. The van der Waals surface area contributed by atoms with Crippen molar-refractivity contribution in [2.45, 2.75) is 26.3 Å². The number of halogens is 1. The van der Waals surface area contributed by atoms with E-state index in [1.165, 1.54) is 23.2 Å². The molecule has 0 bridgehead atoms. The van der Waals surface area contributed by atoms with E-state index in [1.54, 1.807) is 0 Å². The van der Waals surface area contributed by atoms with Crippen molar-refractivity contribution in [2.24, 2.45) is 0 Å². The zero-order valence-corrected chi connectivity index (χ0v) is 10.9. The molecule has 80 valence electrons. The summed E-state index contributed by atoms with van der Waals surface area (Å²) >= 11 is 4.65. The molecular formula is C9H9BrN2O2S. The second-order valence-corrected chi connectivity index (χ2v) is 6.14. The van der Waals surface area contributed by atoms with Gasteiger partial charge in [0.15, 0.2) is 3.92 Å². The molecular weight excluding hydrogens is 280 g/mol. The van der Waals surface area contributed by atoms with Gasteiger partial charge >= 0.3 is 0 Å². The van der Waals surface area contributed by atoms with Gasteiger partial charge in [0.25, 0.3) is 5.91 Å². The van der Waals surface area contributed by atoms with E-state index in [9.17, 15) is 9.59 Å². The number of hydrogen-bond acceptors (Lipinski definition) is 4. The van der Waals surface area contributed by atoms with Gasteiger partial charge in [-0.25, -0.2) is 4.98 Å². The Balaban J connectivity index is 2.62.